The Hall–Kier alpha value is -2.58. The van der Waals surface area contributed by atoms with Crippen LogP contribution in [-0.4, -0.2) is 59.5 Å². The molecule has 1 saturated heterocycles. The van der Waals surface area contributed by atoms with Crippen molar-refractivity contribution in [3.8, 4) is 0 Å². The van der Waals surface area contributed by atoms with E-state index in [2.05, 4.69) is 28.8 Å². The number of hydrogen-bond donors (Lipinski definition) is 2. The van der Waals surface area contributed by atoms with E-state index in [1.54, 1.807) is 38.4 Å². The Balaban J connectivity index is 1.88. The average molecular weight is 445 g/mol. The number of carbonyl (C=O) groups excluding carboxylic acids is 1. The summed E-state index contributed by atoms with van der Waals surface area (Å²) in [5, 5.41) is 3.30. The van der Waals surface area contributed by atoms with Gasteiger partial charge in [0.15, 0.2) is 0 Å². The minimum absolute atomic E-state index is 0.160. The van der Waals surface area contributed by atoms with Gasteiger partial charge in [0.25, 0.3) is 15.9 Å². The molecule has 0 aliphatic carbocycles. The molecule has 2 aromatic rings. The summed E-state index contributed by atoms with van der Waals surface area (Å²) in [6, 6.07) is 12.1. The maximum atomic E-state index is 12.9. The second kappa shape index (κ2) is 9.70. The van der Waals surface area contributed by atoms with Crippen LogP contribution in [0.2, 0.25) is 0 Å². The molecule has 0 radical (unpaired) electrons. The Morgan fingerprint density at radius 1 is 1.10 bits per heavy atom. The molecule has 0 spiro atoms. The predicted octanol–water partition coefficient (Wildman–Crippen LogP) is 2.80. The van der Waals surface area contributed by atoms with Gasteiger partial charge in [-0.3, -0.25) is 9.52 Å². The second-order valence-corrected chi connectivity index (χ2v) is 10.2. The molecule has 2 aromatic carbocycles. The van der Waals surface area contributed by atoms with E-state index in [0.29, 0.717) is 17.2 Å². The van der Waals surface area contributed by atoms with Gasteiger partial charge in [-0.2, -0.15) is 0 Å². The number of rotatable bonds is 7. The van der Waals surface area contributed by atoms with Gasteiger partial charge in [-0.25, -0.2) is 8.42 Å². The number of piperazine rings is 1. The molecule has 0 saturated carbocycles. The van der Waals surface area contributed by atoms with Crippen LogP contribution in [0, 0.1) is 5.92 Å². The van der Waals surface area contributed by atoms with Crippen LogP contribution in [0.4, 0.5) is 11.4 Å². The van der Waals surface area contributed by atoms with Crippen LogP contribution < -0.4 is 14.9 Å². The molecule has 1 aliphatic heterocycles. The third-order valence-corrected chi connectivity index (χ3v) is 6.62. The molecule has 0 aromatic heterocycles. The Morgan fingerprint density at radius 2 is 1.74 bits per heavy atom. The highest BCUT2D eigenvalue weighted by molar-refractivity contribution is 7.92. The van der Waals surface area contributed by atoms with Gasteiger partial charge in [-0.15, -0.1) is 0 Å². The van der Waals surface area contributed by atoms with Crippen molar-refractivity contribution in [1.29, 1.82) is 0 Å². The molecule has 2 N–H and O–H groups in total. The number of nitrogens with zero attached hydrogens (tertiary/aromatic N) is 2. The van der Waals surface area contributed by atoms with Gasteiger partial charge in [-0.05, 0) is 48.2 Å². The summed E-state index contributed by atoms with van der Waals surface area (Å²) in [7, 11) is -0.370. The highest BCUT2D eigenvalue weighted by Crippen LogP contribution is 2.27. The molecule has 31 heavy (non-hydrogen) atoms. The average Bonchev–Trinajstić information content (AvgIpc) is 2.73. The molecule has 7 nitrogen and oxygen atoms in total. The summed E-state index contributed by atoms with van der Waals surface area (Å²) in [4.78, 5) is 16.7. The third-order valence-electron chi connectivity index (χ3n) is 5.22. The SMILES string of the molecule is CC(C)Cc1ccc(S(=O)(=O)Nc2ccc(N3CCNCC3)c(C(=O)N(C)C)c2)cc1. The summed E-state index contributed by atoms with van der Waals surface area (Å²) < 4.78 is 28.5. The van der Waals surface area contributed by atoms with E-state index in [9.17, 15) is 13.2 Å². The molecule has 0 unspecified atom stereocenters. The summed E-state index contributed by atoms with van der Waals surface area (Å²) in [5.74, 6) is 0.343. The Kier molecular flexibility index (Phi) is 7.23. The maximum absolute atomic E-state index is 12.9. The fourth-order valence-electron chi connectivity index (χ4n) is 3.68. The van der Waals surface area contributed by atoms with E-state index in [-0.39, 0.29) is 10.8 Å². The largest absolute Gasteiger partial charge is 0.368 e. The quantitative estimate of drug-likeness (QED) is 0.686. The lowest BCUT2D eigenvalue weighted by atomic mass is 10.0. The van der Waals surface area contributed by atoms with Crippen LogP contribution in [-0.2, 0) is 16.4 Å². The standard InChI is InChI=1S/C23H32N4O3S/c1-17(2)15-18-5-8-20(9-6-18)31(29,30)25-19-7-10-22(27-13-11-24-12-14-27)21(16-19)23(28)26(3)4/h5-10,16-17,24-25H,11-15H2,1-4H3. The first kappa shape index (κ1) is 23.1. The van der Waals surface area contributed by atoms with Crippen LogP contribution in [0.25, 0.3) is 0 Å². The molecule has 8 heteroatoms. The first-order valence-corrected chi connectivity index (χ1v) is 12.1. The van der Waals surface area contributed by atoms with E-state index >= 15 is 0 Å². The predicted molar refractivity (Wildman–Crippen MR) is 125 cm³/mol. The van der Waals surface area contributed by atoms with Crippen LogP contribution in [0.15, 0.2) is 47.4 Å². The minimum atomic E-state index is -3.76. The molecular formula is C23H32N4O3S. The Morgan fingerprint density at radius 3 is 2.32 bits per heavy atom. The molecule has 1 heterocycles. The topological polar surface area (TPSA) is 81.8 Å². The smallest absolute Gasteiger partial charge is 0.261 e. The van der Waals surface area contributed by atoms with Crippen molar-refractivity contribution in [2.24, 2.45) is 5.92 Å². The van der Waals surface area contributed by atoms with E-state index in [4.69, 9.17) is 0 Å². The zero-order chi connectivity index (χ0) is 22.6. The summed E-state index contributed by atoms with van der Waals surface area (Å²) in [6.07, 6.45) is 0.900. The van der Waals surface area contributed by atoms with Crippen LogP contribution in [0.5, 0.6) is 0 Å². The van der Waals surface area contributed by atoms with Crippen LogP contribution in [0.1, 0.15) is 29.8 Å². The van der Waals surface area contributed by atoms with Crippen molar-refractivity contribution in [3.05, 3.63) is 53.6 Å². The fraction of sp³-hybridized carbons (Fsp3) is 0.435. The van der Waals surface area contributed by atoms with Gasteiger partial charge in [0, 0.05) is 51.6 Å². The lowest BCUT2D eigenvalue weighted by Crippen LogP contribution is -2.44. The van der Waals surface area contributed by atoms with Crippen molar-refractivity contribution >= 4 is 27.3 Å². The van der Waals surface area contributed by atoms with Gasteiger partial charge < -0.3 is 15.1 Å². The van der Waals surface area contributed by atoms with Crippen molar-refractivity contribution in [1.82, 2.24) is 10.2 Å². The molecule has 3 rings (SSSR count). The normalized spacial score (nSPS) is 14.5. The Labute approximate surface area is 185 Å². The zero-order valence-electron chi connectivity index (χ0n) is 18.7. The monoisotopic (exact) mass is 444 g/mol. The number of anilines is 2. The highest BCUT2D eigenvalue weighted by atomic mass is 32.2. The van der Waals surface area contributed by atoms with Crippen molar-refractivity contribution in [2.45, 2.75) is 25.2 Å². The molecule has 1 fully saturated rings. The summed E-state index contributed by atoms with van der Waals surface area (Å²) >= 11 is 0. The fourth-order valence-corrected chi connectivity index (χ4v) is 4.73. The molecule has 0 atom stereocenters. The first-order valence-electron chi connectivity index (χ1n) is 10.6. The number of amides is 1. The summed E-state index contributed by atoms with van der Waals surface area (Å²) in [5.41, 5.74) is 2.78. The number of carbonyl (C=O) groups is 1. The maximum Gasteiger partial charge on any atom is 0.261 e. The Bertz CT molecular complexity index is 1010. The summed E-state index contributed by atoms with van der Waals surface area (Å²) in [6.45, 7) is 7.53. The minimum Gasteiger partial charge on any atom is -0.368 e. The van der Waals surface area contributed by atoms with E-state index < -0.39 is 10.0 Å². The van der Waals surface area contributed by atoms with Gasteiger partial charge in [0.1, 0.15) is 0 Å². The lowest BCUT2D eigenvalue weighted by molar-refractivity contribution is 0.0828. The molecule has 168 valence electrons. The van der Waals surface area contributed by atoms with E-state index in [1.807, 2.05) is 18.2 Å². The lowest BCUT2D eigenvalue weighted by Gasteiger charge is -2.31. The van der Waals surface area contributed by atoms with Crippen molar-refractivity contribution in [2.75, 3.05) is 49.9 Å². The van der Waals surface area contributed by atoms with Crippen LogP contribution >= 0.6 is 0 Å². The van der Waals surface area contributed by atoms with Crippen molar-refractivity contribution < 1.29 is 13.2 Å². The van der Waals surface area contributed by atoms with Gasteiger partial charge >= 0.3 is 0 Å². The number of hydrogen-bond acceptors (Lipinski definition) is 5. The number of benzene rings is 2. The van der Waals surface area contributed by atoms with Crippen LogP contribution in [0.3, 0.4) is 0 Å². The molecule has 1 amide bonds. The number of nitrogens with one attached hydrogen (secondary N) is 2. The van der Waals surface area contributed by atoms with Gasteiger partial charge in [-0.1, -0.05) is 26.0 Å². The highest BCUT2D eigenvalue weighted by Gasteiger charge is 2.22. The van der Waals surface area contributed by atoms with Gasteiger partial charge in [0.05, 0.1) is 10.5 Å². The zero-order valence-corrected chi connectivity index (χ0v) is 19.5. The first-order chi connectivity index (χ1) is 14.7. The van der Waals surface area contributed by atoms with Gasteiger partial charge in [0.2, 0.25) is 0 Å². The molecular weight excluding hydrogens is 412 g/mol. The molecule has 1 aliphatic rings. The third kappa shape index (κ3) is 5.77. The van der Waals surface area contributed by atoms with E-state index in [1.165, 1.54) is 4.90 Å². The number of sulfonamides is 1. The van der Waals surface area contributed by atoms with E-state index in [0.717, 1.165) is 43.9 Å². The van der Waals surface area contributed by atoms with Crippen molar-refractivity contribution in [3.63, 3.8) is 0 Å². The second-order valence-electron chi connectivity index (χ2n) is 8.52. The molecule has 0 bridgehead atoms.